The Morgan fingerprint density at radius 2 is 2.27 bits per heavy atom. The van der Waals surface area contributed by atoms with Gasteiger partial charge in [0.1, 0.15) is 11.6 Å². The molecule has 0 saturated carbocycles. The van der Waals surface area contributed by atoms with Gasteiger partial charge in [-0.15, -0.1) is 11.3 Å². The second kappa shape index (κ2) is 6.39. The highest BCUT2D eigenvalue weighted by Crippen LogP contribution is 2.32. The van der Waals surface area contributed by atoms with E-state index in [9.17, 15) is 9.59 Å². The number of carbonyl (C=O) groups is 1. The van der Waals surface area contributed by atoms with Crippen LogP contribution in [0, 0.1) is 6.92 Å². The van der Waals surface area contributed by atoms with E-state index in [0.29, 0.717) is 6.54 Å². The van der Waals surface area contributed by atoms with Gasteiger partial charge in [-0.3, -0.25) is 9.59 Å². The summed E-state index contributed by atoms with van der Waals surface area (Å²) in [5.74, 6) is -0.0694. The normalized spacial score (nSPS) is 18.4. The van der Waals surface area contributed by atoms with Gasteiger partial charge < -0.3 is 4.90 Å². The summed E-state index contributed by atoms with van der Waals surface area (Å²) >= 11 is 1.57. The summed E-state index contributed by atoms with van der Waals surface area (Å²) in [6.07, 6.45) is 4.78. The number of nitrogens with zero attached hydrogens (tertiary/aromatic N) is 4. The molecule has 1 amide bonds. The summed E-state index contributed by atoms with van der Waals surface area (Å²) in [5.41, 5.74) is 0.476. The summed E-state index contributed by atoms with van der Waals surface area (Å²) in [6.45, 7) is 2.51. The van der Waals surface area contributed by atoms with Crippen LogP contribution in [-0.4, -0.2) is 32.1 Å². The Morgan fingerprint density at radius 1 is 1.41 bits per heavy atom. The molecule has 3 heterocycles. The molecule has 0 spiro atoms. The zero-order chi connectivity index (χ0) is 15.5. The fourth-order valence-corrected chi connectivity index (χ4v) is 3.55. The van der Waals surface area contributed by atoms with Gasteiger partial charge >= 0.3 is 0 Å². The lowest BCUT2D eigenvalue weighted by atomic mass is 10.0. The van der Waals surface area contributed by atoms with Crippen molar-refractivity contribution in [3.63, 3.8) is 0 Å². The fraction of sp³-hybridized carbons (Fsp3) is 0.467. The van der Waals surface area contributed by atoms with Gasteiger partial charge in [-0.25, -0.2) is 9.67 Å². The molecule has 1 atom stereocenters. The van der Waals surface area contributed by atoms with Gasteiger partial charge in [-0.05, 0) is 32.3 Å². The van der Waals surface area contributed by atoms with Crippen molar-refractivity contribution in [2.24, 2.45) is 0 Å². The lowest BCUT2D eigenvalue weighted by Gasteiger charge is -2.34. The van der Waals surface area contributed by atoms with Crippen molar-refractivity contribution in [2.75, 3.05) is 6.54 Å². The number of thiazole rings is 1. The summed E-state index contributed by atoms with van der Waals surface area (Å²) in [6, 6.07) is 3.13. The molecule has 7 heteroatoms. The van der Waals surface area contributed by atoms with Crippen LogP contribution in [0.25, 0.3) is 0 Å². The molecule has 1 aliphatic heterocycles. The molecule has 3 rings (SSSR count). The molecular weight excluding hydrogens is 300 g/mol. The first-order chi connectivity index (χ1) is 10.6. The molecule has 0 N–H and O–H groups in total. The number of piperidine rings is 1. The van der Waals surface area contributed by atoms with Gasteiger partial charge in [-0.1, -0.05) is 0 Å². The van der Waals surface area contributed by atoms with Gasteiger partial charge in [0.25, 0.3) is 5.56 Å². The maximum atomic E-state index is 12.6. The number of likely N-dealkylation sites (tertiary alicyclic amines) is 1. The quantitative estimate of drug-likeness (QED) is 0.865. The van der Waals surface area contributed by atoms with E-state index >= 15 is 0 Å². The Labute approximate surface area is 132 Å². The van der Waals surface area contributed by atoms with E-state index in [1.165, 1.54) is 10.7 Å². The minimum absolute atomic E-state index is 0.0115. The van der Waals surface area contributed by atoms with Gasteiger partial charge in [0.05, 0.1) is 11.7 Å². The Bertz CT molecular complexity index is 711. The van der Waals surface area contributed by atoms with Crippen molar-refractivity contribution >= 4 is 17.2 Å². The molecule has 1 saturated heterocycles. The Hall–Kier alpha value is -2.02. The topological polar surface area (TPSA) is 68.1 Å². The van der Waals surface area contributed by atoms with E-state index in [2.05, 4.69) is 10.1 Å². The summed E-state index contributed by atoms with van der Waals surface area (Å²) in [5, 5.41) is 7.04. The van der Waals surface area contributed by atoms with Gasteiger partial charge in [0.2, 0.25) is 5.91 Å². The Morgan fingerprint density at radius 3 is 3.05 bits per heavy atom. The molecule has 1 aliphatic rings. The fourth-order valence-electron chi connectivity index (χ4n) is 2.77. The van der Waals surface area contributed by atoms with Crippen LogP contribution < -0.4 is 5.56 Å². The van der Waals surface area contributed by atoms with Gasteiger partial charge in [0, 0.05) is 24.2 Å². The minimum atomic E-state index is -0.248. The molecule has 116 valence electrons. The summed E-state index contributed by atoms with van der Waals surface area (Å²) in [7, 11) is 0. The molecule has 1 fully saturated rings. The Kier molecular flexibility index (Phi) is 4.33. The SMILES string of the molecule is Cc1ccc(=O)n(CC(=O)N2CCCC[C@@H]2c2nccs2)n1. The maximum absolute atomic E-state index is 12.6. The van der Waals surface area contributed by atoms with Gasteiger partial charge in [0.15, 0.2) is 0 Å². The van der Waals surface area contributed by atoms with E-state index in [0.717, 1.165) is 30.0 Å². The molecule has 0 unspecified atom stereocenters. The summed E-state index contributed by atoms with van der Waals surface area (Å²) < 4.78 is 1.24. The number of hydrogen-bond donors (Lipinski definition) is 0. The van der Waals surface area contributed by atoms with Gasteiger partial charge in [-0.2, -0.15) is 5.10 Å². The second-order valence-electron chi connectivity index (χ2n) is 5.44. The number of amides is 1. The van der Waals surface area contributed by atoms with Crippen LogP contribution in [0.2, 0.25) is 0 Å². The van der Waals surface area contributed by atoms with E-state index in [-0.39, 0.29) is 24.1 Å². The lowest BCUT2D eigenvalue weighted by molar-refractivity contribution is -0.136. The average Bonchev–Trinajstić information content (AvgIpc) is 3.05. The molecule has 0 bridgehead atoms. The van der Waals surface area contributed by atoms with Crippen molar-refractivity contribution in [2.45, 2.75) is 38.8 Å². The predicted molar refractivity (Wildman–Crippen MR) is 83.7 cm³/mol. The highest BCUT2D eigenvalue weighted by atomic mass is 32.1. The highest BCUT2D eigenvalue weighted by molar-refractivity contribution is 7.09. The highest BCUT2D eigenvalue weighted by Gasteiger charge is 2.29. The third-order valence-electron chi connectivity index (χ3n) is 3.84. The van der Waals surface area contributed by atoms with Crippen LogP contribution in [0.15, 0.2) is 28.5 Å². The third-order valence-corrected chi connectivity index (χ3v) is 4.72. The zero-order valence-electron chi connectivity index (χ0n) is 12.4. The monoisotopic (exact) mass is 318 g/mol. The van der Waals surface area contributed by atoms with E-state index < -0.39 is 0 Å². The second-order valence-corrected chi connectivity index (χ2v) is 6.37. The number of aryl methyl sites for hydroxylation is 1. The molecular formula is C15H18N4O2S. The molecule has 2 aromatic rings. The predicted octanol–water partition coefficient (Wildman–Crippen LogP) is 1.76. The van der Waals surface area contributed by atoms with Crippen LogP contribution in [-0.2, 0) is 11.3 Å². The Balaban J connectivity index is 1.80. The molecule has 2 aromatic heterocycles. The first-order valence-corrected chi connectivity index (χ1v) is 8.27. The zero-order valence-corrected chi connectivity index (χ0v) is 13.3. The van der Waals surface area contributed by atoms with Crippen molar-refractivity contribution in [3.05, 3.63) is 44.8 Å². The molecule has 0 aromatic carbocycles. The minimum Gasteiger partial charge on any atom is -0.332 e. The van der Waals surface area contributed by atoms with Crippen LogP contribution in [0.5, 0.6) is 0 Å². The first-order valence-electron chi connectivity index (χ1n) is 7.39. The first kappa shape index (κ1) is 14.9. The number of aromatic nitrogens is 3. The molecule has 6 nitrogen and oxygen atoms in total. The van der Waals surface area contributed by atoms with Crippen molar-refractivity contribution < 1.29 is 4.79 Å². The summed E-state index contributed by atoms with van der Waals surface area (Å²) in [4.78, 5) is 30.7. The van der Waals surface area contributed by atoms with Crippen LogP contribution >= 0.6 is 11.3 Å². The average molecular weight is 318 g/mol. The van der Waals surface area contributed by atoms with E-state index in [1.54, 1.807) is 30.5 Å². The van der Waals surface area contributed by atoms with Crippen molar-refractivity contribution in [1.82, 2.24) is 19.7 Å². The number of hydrogen-bond acceptors (Lipinski definition) is 5. The maximum Gasteiger partial charge on any atom is 0.267 e. The van der Waals surface area contributed by atoms with E-state index in [4.69, 9.17) is 0 Å². The third kappa shape index (κ3) is 3.09. The smallest absolute Gasteiger partial charge is 0.267 e. The van der Waals surface area contributed by atoms with Crippen LogP contribution in [0.4, 0.5) is 0 Å². The standard InChI is InChI=1S/C15H18N4O2S/c1-11-5-6-13(20)19(17-11)10-14(21)18-8-3-2-4-12(18)15-16-7-9-22-15/h5-7,9,12H,2-4,8,10H2,1H3/t12-/m1/s1. The van der Waals surface area contributed by atoms with Crippen molar-refractivity contribution in [1.29, 1.82) is 0 Å². The van der Waals surface area contributed by atoms with Crippen molar-refractivity contribution in [3.8, 4) is 0 Å². The largest absolute Gasteiger partial charge is 0.332 e. The lowest BCUT2D eigenvalue weighted by Crippen LogP contribution is -2.42. The van der Waals surface area contributed by atoms with Crippen LogP contribution in [0.1, 0.15) is 36.0 Å². The number of rotatable bonds is 3. The molecule has 0 radical (unpaired) electrons. The number of carbonyl (C=O) groups excluding carboxylic acids is 1. The van der Waals surface area contributed by atoms with Crippen LogP contribution in [0.3, 0.4) is 0 Å². The van der Waals surface area contributed by atoms with E-state index in [1.807, 2.05) is 10.3 Å². The molecule has 0 aliphatic carbocycles. The molecule has 22 heavy (non-hydrogen) atoms.